The number of imidazole rings is 1. The number of aliphatic imine (C=N–C) groups is 1. The maximum Gasteiger partial charge on any atom is 0.326 e. The summed E-state index contributed by atoms with van der Waals surface area (Å²) in [5, 5.41) is 17.0. The summed E-state index contributed by atoms with van der Waals surface area (Å²) in [7, 11) is 0. The van der Waals surface area contributed by atoms with Gasteiger partial charge in [0.15, 0.2) is 5.96 Å². The molecule has 0 spiro atoms. The second-order valence-electron chi connectivity index (χ2n) is 9.49. The molecule has 0 aromatic carbocycles. The number of carboxylic acid groups (broad SMARTS) is 1. The molecule has 4 amide bonds. The Hall–Kier alpha value is -4.21. The van der Waals surface area contributed by atoms with Gasteiger partial charge >= 0.3 is 5.97 Å². The van der Waals surface area contributed by atoms with Gasteiger partial charge in [-0.05, 0) is 31.6 Å². The summed E-state index contributed by atoms with van der Waals surface area (Å²) in [5.41, 5.74) is 22.2. The summed E-state index contributed by atoms with van der Waals surface area (Å²) in [4.78, 5) is 72.5. The van der Waals surface area contributed by atoms with Gasteiger partial charge in [-0.1, -0.05) is 13.8 Å². The topological polar surface area (TPSA) is 287 Å². The van der Waals surface area contributed by atoms with E-state index in [2.05, 4.69) is 30.9 Å². The van der Waals surface area contributed by atoms with Crippen molar-refractivity contribution in [3.05, 3.63) is 18.2 Å². The van der Waals surface area contributed by atoms with Crippen LogP contribution in [0.15, 0.2) is 17.5 Å². The largest absolute Gasteiger partial charge is 0.480 e. The summed E-state index contributed by atoms with van der Waals surface area (Å²) < 4.78 is 0. The molecule has 0 fully saturated rings. The lowest BCUT2D eigenvalue weighted by Gasteiger charge is -2.25. The normalized spacial score (nSPS) is 13.9. The van der Waals surface area contributed by atoms with E-state index < -0.39 is 53.8 Å². The molecule has 0 saturated heterocycles. The van der Waals surface area contributed by atoms with Crippen molar-refractivity contribution in [2.75, 3.05) is 6.54 Å². The van der Waals surface area contributed by atoms with Crippen molar-refractivity contribution in [2.24, 2.45) is 33.8 Å². The molecule has 0 saturated carbocycles. The van der Waals surface area contributed by atoms with Crippen molar-refractivity contribution in [2.45, 2.75) is 76.5 Å². The SMILES string of the molecule is CC(C)CC(N)C(=O)NC(Cc1cnc[nH]1)C(=O)NC(CCC(N)=O)C(=O)NC(CCCN=C(N)N)C(=O)O. The molecule has 1 rings (SSSR count). The molecule has 4 atom stereocenters. The fourth-order valence-corrected chi connectivity index (χ4v) is 3.58. The molecule has 16 nitrogen and oxygen atoms in total. The lowest BCUT2D eigenvalue weighted by atomic mass is 10.0. The standard InChI is InChI=1S/C23H40N10O6/c1-12(2)8-14(24)19(35)33-17(9-13-10-28-11-30-13)21(37)31-15(5-6-18(25)34)20(36)32-16(22(38)39)4-3-7-29-23(26)27/h10-12,14-17H,3-9,24H2,1-2H3,(H2,25,34)(H,28,30)(H,31,37)(H,32,36)(H,33,35)(H,38,39)(H4,26,27,29). The number of aromatic nitrogens is 2. The minimum absolute atomic E-state index is 0.000581. The number of hydrogen-bond acceptors (Lipinski definition) is 8. The Morgan fingerprint density at radius 3 is 2.13 bits per heavy atom. The molecule has 0 aliphatic rings. The average molecular weight is 553 g/mol. The molecular weight excluding hydrogens is 512 g/mol. The van der Waals surface area contributed by atoms with Crippen LogP contribution in [0, 0.1) is 5.92 Å². The predicted molar refractivity (Wildman–Crippen MR) is 141 cm³/mol. The Morgan fingerprint density at radius 2 is 1.59 bits per heavy atom. The zero-order valence-corrected chi connectivity index (χ0v) is 22.2. The number of nitrogens with one attached hydrogen (secondary N) is 4. The van der Waals surface area contributed by atoms with E-state index in [4.69, 9.17) is 22.9 Å². The fourth-order valence-electron chi connectivity index (χ4n) is 3.58. The van der Waals surface area contributed by atoms with Gasteiger partial charge in [0.25, 0.3) is 0 Å². The molecule has 16 heteroatoms. The van der Waals surface area contributed by atoms with E-state index in [1.54, 1.807) is 0 Å². The fraction of sp³-hybridized carbons (Fsp3) is 0.609. The number of carbonyl (C=O) groups excluding carboxylic acids is 4. The number of aromatic amines is 1. The molecule has 1 aromatic rings. The van der Waals surface area contributed by atoms with Crippen LogP contribution >= 0.6 is 0 Å². The smallest absolute Gasteiger partial charge is 0.326 e. The van der Waals surface area contributed by atoms with Crippen LogP contribution in [0.3, 0.4) is 0 Å². The van der Waals surface area contributed by atoms with Gasteiger partial charge in [0.05, 0.1) is 12.4 Å². The average Bonchev–Trinajstić information content (AvgIpc) is 3.35. The molecule has 39 heavy (non-hydrogen) atoms. The number of primary amides is 1. The number of amides is 4. The maximum atomic E-state index is 13.3. The van der Waals surface area contributed by atoms with Gasteiger partial charge in [0.1, 0.15) is 18.1 Å². The van der Waals surface area contributed by atoms with Crippen LogP contribution in [0.1, 0.15) is 51.6 Å². The highest BCUT2D eigenvalue weighted by atomic mass is 16.4. The van der Waals surface area contributed by atoms with E-state index in [0.717, 1.165) is 0 Å². The first-order chi connectivity index (χ1) is 18.3. The summed E-state index contributed by atoms with van der Waals surface area (Å²) >= 11 is 0. The van der Waals surface area contributed by atoms with Crippen LogP contribution in [-0.2, 0) is 30.4 Å². The molecule has 13 N–H and O–H groups in total. The molecule has 4 unspecified atom stereocenters. The first-order valence-corrected chi connectivity index (χ1v) is 12.5. The monoisotopic (exact) mass is 552 g/mol. The Kier molecular flexibility index (Phi) is 14.0. The van der Waals surface area contributed by atoms with Crippen LogP contribution in [0.25, 0.3) is 0 Å². The van der Waals surface area contributed by atoms with Crippen molar-refractivity contribution in [1.82, 2.24) is 25.9 Å². The van der Waals surface area contributed by atoms with E-state index in [1.807, 2.05) is 13.8 Å². The Bertz CT molecular complexity index is 994. The molecule has 0 aliphatic carbocycles. The van der Waals surface area contributed by atoms with E-state index in [-0.39, 0.29) is 50.5 Å². The van der Waals surface area contributed by atoms with Crippen molar-refractivity contribution in [1.29, 1.82) is 0 Å². The molecule has 218 valence electrons. The summed E-state index contributed by atoms with van der Waals surface area (Å²) in [6.45, 7) is 3.95. The van der Waals surface area contributed by atoms with Gasteiger partial charge in [0, 0.05) is 31.3 Å². The van der Waals surface area contributed by atoms with Crippen LogP contribution in [0.5, 0.6) is 0 Å². The lowest BCUT2D eigenvalue weighted by Crippen LogP contribution is -2.57. The zero-order valence-electron chi connectivity index (χ0n) is 22.2. The second kappa shape index (κ2) is 16.6. The van der Waals surface area contributed by atoms with E-state index in [9.17, 15) is 29.1 Å². The first kappa shape index (κ1) is 32.8. The number of carboxylic acids is 1. The number of nitrogens with zero attached hydrogens (tertiary/aromatic N) is 2. The molecule has 1 aromatic heterocycles. The first-order valence-electron chi connectivity index (χ1n) is 12.5. The molecule has 0 bridgehead atoms. The Labute approximate surface area is 226 Å². The number of aliphatic carboxylic acids is 1. The highest BCUT2D eigenvalue weighted by Crippen LogP contribution is 2.07. The number of H-pyrrole nitrogens is 1. The predicted octanol–water partition coefficient (Wildman–Crippen LogP) is -2.82. The van der Waals surface area contributed by atoms with Gasteiger partial charge in [-0.25, -0.2) is 9.78 Å². The number of nitrogens with two attached hydrogens (primary N) is 4. The minimum Gasteiger partial charge on any atom is -0.480 e. The van der Waals surface area contributed by atoms with Gasteiger partial charge < -0.3 is 49.0 Å². The number of carbonyl (C=O) groups is 5. The van der Waals surface area contributed by atoms with Crippen molar-refractivity contribution < 1.29 is 29.1 Å². The Morgan fingerprint density at radius 1 is 0.974 bits per heavy atom. The van der Waals surface area contributed by atoms with Gasteiger partial charge in [-0.3, -0.25) is 24.2 Å². The summed E-state index contributed by atoms with van der Waals surface area (Å²) in [6, 6.07) is -4.66. The highest BCUT2D eigenvalue weighted by molar-refractivity contribution is 5.94. The van der Waals surface area contributed by atoms with E-state index in [1.165, 1.54) is 12.5 Å². The molecule has 1 heterocycles. The van der Waals surface area contributed by atoms with Crippen molar-refractivity contribution in [3.8, 4) is 0 Å². The zero-order chi connectivity index (χ0) is 29.5. The third-order valence-corrected chi connectivity index (χ3v) is 5.55. The maximum absolute atomic E-state index is 13.3. The molecule has 0 aliphatic heterocycles. The summed E-state index contributed by atoms with van der Waals surface area (Å²) in [5.74, 6) is -4.21. The number of guanidine groups is 1. The molecule has 0 radical (unpaired) electrons. The quantitative estimate of drug-likeness (QED) is 0.0511. The van der Waals surface area contributed by atoms with E-state index >= 15 is 0 Å². The van der Waals surface area contributed by atoms with Crippen LogP contribution in [0.4, 0.5) is 0 Å². The van der Waals surface area contributed by atoms with Crippen LogP contribution < -0.4 is 38.9 Å². The second-order valence-corrected chi connectivity index (χ2v) is 9.49. The van der Waals surface area contributed by atoms with Gasteiger partial charge in [0.2, 0.25) is 23.6 Å². The van der Waals surface area contributed by atoms with Crippen LogP contribution in [0.2, 0.25) is 0 Å². The third kappa shape index (κ3) is 13.2. The van der Waals surface area contributed by atoms with E-state index in [0.29, 0.717) is 12.1 Å². The van der Waals surface area contributed by atoms with Gasteiger partial charge in [-0.2, -0.15) is 0 Å². The third-order valence-electron chi connectivity index (χ3n) is 5.55. The number of rotatable bonds is 18. The van der Waals surface area contributed by atoms with Gasteiger partial charge in [-0.15, -0.1) is 0 Å². The van der Waals surface area contributed by atoms with Crippen molar-refractivity contribution >= 4 is 35.6 Å². The van der Waals surface area contributed by atoms with Crippen LogP contribution in [-0.4, -0.2) is 81.3 Å². The molecular formula is C23H40N10O6. The lowest BCUT2D eigenvalue weighted by molar-refractivity contribution is -0.142. The van der Waals surface area contributed by atoms with Crippen molar-refractivity contribution in [3.63, 3.8) is 0 Å². The highest BCUT2D eigenvalue weighted by Gasteiger charge is 2.31. The Balaban J connectivity index is 3.04. The number of hydrogen-bond donors (Lipinski definition) is 9. The minimum atomic E-state index is -1.32. The summed E-state index contributed by atoms with van der Waals surface area (Å²) in [6.07, 6.45) is 3.04.